The largest absolute Gasteiger partial charge is 0.294 e. The summed E-state index contributed by atoms with van der Waals surface area (Å²) in [6.45, 7) is 1.64. The number of carbonyl (C=O) groups is 1. The predicted molar refractivity (Wildman–Crippen MR) is 70.2 cm³/mol. The molecule has 18 heavy (non-hydrogen) atoms. The second-order valence-electron chi connectivity index (χ2n) is 3.99. The molecule has 1 aromatic carbocycles. The first-order valence-electron chi connectivity index (χ1n) is 5.37. The summed E-state index contributed by atoms with van der Waals surface area (Å²) in [5.41, 5.74) is 2.04. The molecule has 0 radical (unpaired) electrons. The third-order valence-corrected chi connectivity index (χ3v) is 3.39. The molecule has 0 fully saturated rings. The van der Waals surface area contributed by atoms with E-state index < -0.39 is 4.92 Å². The van der Waals surface area contributed by atoms with Gasteiger partial charge in [-0.3, -0.25) is 14.9 Å². The normalized spacial score (nSPS) is 10.3. The Morgan fingerprint density at radius 1 is 1.39 bits per heavy atom. The summed E-state index contributed by atoms with van der Waals surface area (Å²) in [6, 6.07) is 6.38. The number of nitro benzene ring substituents is 1. The van der Waals surface area contributed by atoms with Crippen LogP contribution >= 0.6 is 11.3 Å². The molecule has 92 valence electrons. The highest BCUT2D eigenvalue weighted by atomic mass is 32.1. The number of hydrogen-bond acceptors (Lipinski definition) is 4. The number of ketones is 1. The van der Waals surface area contributed by atoms with Crippen LogP contribution in [0.3, 0.4) is 0 Å². The molecule has 2 aromatic rings. The van der Waals surface area contributed by atoms with Gasteiger partial charge in [0.25, 0.3) is 5.69 Å². The van der Waals surface area contributed by atoms with Crippen molar-refractivity contribution in [2.45, 2.75) is 13.3 Å². The van der Waals surface area contributed by atoms with Crippen LogP contribution in [0.15, 0.2) is 35.0 Å². The van der Waals surface area contributed by atoms with Gasteiger partial charge in [0.1, 0.15) is 0 Å². The number of aryl methyl sites for hydroxylation is 1. The minimum atomic E-state index is -0.442. The molecule has 0 unspecified atom stereocenters. The lowest BCUT2D eigenvalue weighted by Gasteiger charge is -2.02. The van der Waals surface area contributed by atoms with E-state index >= 15 is 0 Å². The van der Waals surface area contributed by atoms with Gasteiger partial charge in [-0.2, -0.15) is 11.3 Å². The molecule has 0 aliphatic heterocycles. The average molecular weight is 261 g/mol. The minimum absolute atomic E-state index is 0.0219. The second kappa shape index (κ2) is 5.10. The molecule has 0 aliphatic rings. The van der Waals surface area contributed by atoms with E-state index in [4.69, 9.17) is 0 Å². The summed E-state index contributed by atoms with van der Waals surface area (Å²) in [7, 11) is 0. The van der Waals surface area contributed by atoms with Gasteiger partial charge in [0.05, 0.1) is 4.92 Å². The van der Waals surface area contributed by atoms with Gasteiger partial charge in [0.2, 0.25) is 0 Å². The molecule has 0 aliphatic carbocycles. The van der Waals surface area contributed by atoms with E-state index in [-0.39, 0.29) is 11.5 Å². The SMILES string of the molecule is Cc1cc(C(=O)Cc2ccsc2)ccc1[N+](=O)[O-]. The van der Waals surface area contributed by atoms with Crippen molar-refractivity contribution in [1.82, 2.24) is 0 Å². The minimum Gasteiger partial charge on any atom is -0.294 e. The van der Waals surface area contributed by atoms with Gasteiger partial charge < -0.3 is 0 Å². The predicted octanol–water partition coefficient (Wildman–Crippen LogP) is 3.39. The molecule has 4 nitrogen and oxygen atoms in total. The second-order valence-corrected chi connectivity index (χ2v) is 4.77. The Hall–Kier alpha value is -2.01. The highest BCUT2D eigenvalue weighted by Crippen LogP contribution is 2.20. The molecule has 2 rings (SSSR count). The van der Waals surface area contributed by atoms with Crippen molar-refractivity contribution in [3.05, 3.63) is 61.8 Å². The molecule has 0 saturated heterocycles. The highest BCUT2D eigenvalue weighted by molar-refractivity contribution is 7.08. The van der Waals surface area contributed by atoms with E-state index in [1.807, 2.05) is 16.8 Å². The zero-order valence-corrected chi connectivity index (χ0v) is 10.6. The Morgan fingerprint density at radius 3 is 2.72 bits per heavy atom. The van der Waals surface area contributed by atoms with Crippen molar-refractivity contribution in [2.75, 3.05) is 0 Å². The third-order valence-electron chi connectivity index (χ3n) is 2.66. The maximum atomic E-state index is 12.0. The number of rotatable bonds is 4. The maximum Gasteiger partial charge on any atom is 0.272 e. The molecule has 0 amide bonds. The lowest BCUT2D eigenvalue weighted by Crippen LogP contribution is -2.04. The van der Waals surface area contributed by atoms with Gasteiger partial charge in [0.15, 0.2) is 5.78 Å². The van der Waals surface area contributed by atoms with Crippen molar-refractivity contribution >= 4 is 22.8 Å². The monoisotopic (exact) mass is 261 g/mol. The van der Waals surface area contributed by atoms with Crippen LogP contribution in [0.1, 0.15) is 21.5 Å². The van der Waals surface area contributed by atoms with Gasteiger partial charge >= 0.3 is 0 Å². The molecule has 5 heteroatoms. The van der Waals surface area contributed by atoms with Gasteiger partial charge in [-0.15, -0.1) is 0 Å². The Kier molecular flexibility index (Phi) is 3.53. The topological polar surface area (TPSA) is 60.2 Å². The van der Waals surface area contributed by atoms with Crippen molar-refractivity contribution in [3.63, 3.8) is 0 Å². The Labute approximate surface area is 108 Å². The first kappa shape index (κ1) is 12.4. The summed E-state index contributed by atoms with van der Waals surface area (Å²) >= 11 is 1.54. The van der Waals surface area contributed by atoms with Crippen LogP contribution in [-0.2, 0) is 6.42 Å². The van der Waals surface area contributed by atoms with Crippen LogP contribution in [0.5, 0.6) is 0 Å². The molecule has 0 spiro atoms. The number of hydrogen-bond donors (Lipinski definition) is 0. The van der Waals surface area contributed by atoms with Crippen LogP contribution in [0.4, 0.5) is 5.69 Å². The summed E-state index contributed by atoms with van der Waals surface area (Å²) < 4.78 is 0. The standard InChI is InChI=1S/C13H11NO3S/c1-9-6-11(2-3-12(9)14(16)17)13(15)7-10-4-5-18-8-10/h2-6,8H,7H2,1H3. The molecule has 1 heterocycles. The van der Waals surface area contributed by atoms with Gasteiger partial charge in [-0.25, -0.2) is 0 Å². The van der Waals surface area contributed by atoms with Gasteiger partial charge in [0, 0.05) is 23.6 Å². The molecule has 0 N–H and O–H groups in total. The fourth-order valence-electron chi connectivity index (χ4n) is 1.71. The molecule has 0 atom stereocenters. The average Bonchev–Trinajstić information content (AvgIpc) is 2.81. The summed E-state index contributed by atoms with van der Waals surface area (Å²) in [5.74, 6) is -0.0219. The number of carbonyl (C=O) groups excluding carboxylic acids is 1. The molecule has 1 aromatic heterocycles. The summed E-state index contributed by atoms with van der Waals surface area (Å²) in [6.07, 6.45) is 0.334. The Balaban J connectivity index is 2.21. The summed E-state index contributed by atoms with van der Waals surface area (Å²) in [5, 5.41) is 14.5. The smallest absolute Gasteiger partial charge is 0.272 e. The van der Waals surface area contributed by atoms with Crippen LogP contribution in [0.25, 0.3) is 0 Å². The van der Waals surface area contributed by atoms with Crippen molar-refractivity contribution in [3.8, 4) is 0 Å². The van der Waals surface area contributed by atoms with E-state index in [1.54, 1.807) is 24.3 Å². The lowest BCUT2D eigenvalue weighted by molar-refractivity contribution is -0.385. The van der Waals surface area contributed by atoms with E-state index in [0.29, 0.717) is 17.5 Å². The first-order chi connectivity index (χ1) is 8.58. The van der Waals surface area contributed by atoms with E-state index in [2.05, 4.69) is 0 Å². The van der Waals surface area contributed by atoms with Crippen LogP contribution < -0.4 is 0 Å². The molecule has 0 bridgehead atoms. The number of Topliss-reactive ketones (excluding diaryl/α,β-unsaturated/α-hetero) is 1. The van der Waals surface area contributed by atoms with E-state index in [0.717, 1.165) is 5.56 Å². The van der Waals surface area contributed by atoms with Crippen LogP contribution in [0.2, 0.25) is 0 Å². The number of nitro groups is 1. The van der Waals surface area contributed by atoms with Crippen LogP contribution in [-0.4, -0.2) is 10.7 Å². The highest BCUT2D eigenvalue weighted by Gasteiger charge is 2.14. The number of nitrogens with zero attached hydrogens (tertiary/aromatic N) is 1. The zero-order valence-electron chi connectivity index (χ0n) is 9.75. The van der Waals surface area contributed by atoms with Crippen LogP contribution in [0, 0.1) is 17.0 Å². The zero-order chi connectivity index (χ0) is 13.1. The van der Waals surface area contributed by atoms with Crippen molar-refractivity contribution < 1.29 is 9.72 Å². The Morgan fingerprint density at radius 2 is 2.17 bits per heavy atom. The Bertz CT molecular complexity index is 590. The van der Waals surface area contributed by atoms with Crippen molar-refractivity contribution in [1.29, 1.82) is 0 Å². The summed E-state index contributed by atoms with van der Waals surface area (Å²) in [4.78, 5) is 22.2. The van der Waals surface area contributed by atoms with Gasteiger partial charge in [-0.1, -0.05) is 0 Å². The van der Waals surface area contributed by atoms with Crippen molar-refractivity contribution in [2.24, 2.45) is 0 Å². The van der Waals surface area contributed by atoms with E-state index in [9.17, 15) is 14.9 Å². The fourth-order valence-corrected chi connectivity index (χ4v) is 2.38. The quantitative estimate of drug-likeness (QED) is 0.481. The van der Waals surface area contributed by atoms with Gasteiger partial charge in [-0.05, 0) is 41.4 Å². The fraction of sp³-hybridized carbons (Fsp3) is 0.154. The lowest BCUT2D eigenvalue weighted by atomic mass is 10.0. The number of benzene rings is 1. The first-order valence-corrected chi connectivity index (χ1v) is 6.31. The number of thiophene rings is 1. The molecular weight excluding hydrogens is 250 g/mol. The molecule has 0 saturated carbocycles. The third kappa shape index (κ3) is 2.62. The maximum absolute atomic E-state index is 12.0. The molecular formula is C13H11NO3S. The van der Waals surface area contributed by atoms with E-state index in [1.165, 1.54) is 12.1 Å².